The normalized spacial score (nSPS) is 18.3. The molecule has 0 bridgehead atoms. The molecule has 47 heavy (non-hydrogen) atoms. The molecule has 2 aliphatic heterocycles. The van der Waals surface area contributed by atoms with E-state index in [0.29, 0.717) is 55.6 Å². The summed E-state index contributed by atoms with van der Waals surface area (Å²) in [4.78, 5) is 54.3. The fourth-order valence-electron chi connectivity index (χ4n) is 5.81. The van der Waals surface area contributed by atoms with Crippen molar-refractivity contribution in [1.29, 1.82) is 0 Å². The molecule has 2 aliphatic rings. The SMILES string of the molecule is CCOC(=O)[C@H](Cc1ccc(N(C(=O)OC(C)(C)C)C(=O)C2CCNCC2)cc1)NC(=O)[C@@H]1CCCN1S(=O)(=O)Cc1ccccc1. The summed E-state index contributed by atoms with van der Waals surface area (Å²) < 4.78 is 38.6. The molecule has 256 valence electrons. The first-order valence-corrected chi connectivity index (χ1v) is 17.8. The number of imide groups is 1. The number of sulfonamides is 1. The zero-order valence-electron chi connectivity index (χ0n) is 27.6. The Morgan fingerprint density at radius 1 is 0.979 bits per heavy atom. The second-order valence-corrected chi connectivity index (χ2v) is 14.8. The summed E-state index contributed by atoms with van der Waals surface area (Å²) in [7, 11) is -3.80. The summed E-state index contributed by atoms with van der Waals surface area (Å²) in [6.07, 6.45) is 1.32. The number of hydrogen-bond acceptors (Lipinski definition) is 9. The van der Waals surface area contributed by atoms with Crippen LogP contribution in [0.1, 0.15) is 64.5 Å². The first-order valence-electron chi connectivity index (χ1n) is 16.2. The number of esters is 1. The predicted octanol–water partition coefficient (Wildman–Crippen LogP) is 3.54. The number of benzene rings is 2. The number of carbonyl (C=O) groups is 4. The van der Waals surface area contributed by atoms with Gasteiger partial charge < -0.3 is 20.1 Å². The van der Waals surface area contributed by atoms with Gasteiger partial charge in [-0.2, -0.15) is 4.31 Å². The minimum atomic E-state index is -3.80. The van der Waals surface area contributed by atoms with Crippen LogP contribution >= 0.6 is 0 Å². The smallest absolute Gasteiger partial charge is 0.421 e. The van der Waals surface area contributed by atoms with Gasteiger partial charge in [-0.15, -0.1) is 0 Å². The van der Waals surface area contributed by atoms with E-state index in [0.717, 1.165) is 4.90 Å². The number of rotatable bonds is 11. The van der Waals surface area contributed by atoms with Crippen LogP contribution in [0, 0.1) is 5.92 Å². The van der Waals surface area contributed by atoms with Crippen LogP contribution in [0.4, 0.5) is 10.5 Å². The molecule has 0 radical (unpaired) electrons. The van der Waals surface area contributed by atoms with E-state index in [-0.39, 0.29) is 37.2 Å². The van der Waals surface area contributed by atoms with Crippen molar-refractivity contribution in [1.82, 2.24) is 14.9 Å². The Bertz CT molecular complexity index is 1500. The molecule has 0 saturated carbocycles. The van der Waals surface area contributed by atoms with Gasteiger partial charge in [-0.1, -0.05) is 42.5 Å². The van der Waals surface area contributed by atoms with Crippen molar-refractivity contribution < 1.29 is 37.1 Å². The van der Waals surface area contributed by atoms with Crippen molar-refractivity contribution >= 4 is 39.6 Å². The van der Waals surface area contributed by atoms with Gasteiger partial charge in [0.1, 0.15) is 17.7 Å². The molecule has 2 aromatic rings. The highest BCUT2D eigenvalue weighted by Gasteiger charge is 2.40. The molecule has 3 amide bonds. The lowest BCUT2D eigenvalue weighted by molar-refractivity contribution is -0.147. The third-order valence-electron chi connectivity index (χ3n) is 8.06. The van der Waals surface area contributed by atoms with Gasteiger partial charge in [0, 0.05) is 18.9 Å². The lowest BCUT2D eigenvalue weighted by Crippen LogP contribution is -2.52. The van der Waals surface area contributed by atoms with Gasteiger partial charge in [0.25, 0.3) is 0 Å². The fraction of sp³-hybridized carbons (Fsp3) is 0.529. The highest BCUT2D eigenvalue weighted by atomic mass is 32.2. The lowest BCUT2D eigenvalue weighted by atomic mass is 9.96. The molecule has 0 spiro atoms. The Hall–Kier alpha value is -3.81. The Labute approximate surface area is 277 Å². The van der Waals surface area contributed by atoms with E-state index in [4.69, 9.17) is 9.47 Å². The molecule has 2 N–H and O–H groups in total. The van der Waals surface area contributed by atoms with E-state index >= 15 is 0 Å². The topological polar surface area (TPSA) is 151 Å². The van der Waals surface area contributed by atoms with Gasteiger partial charge in [-0.05, 0) is 89.7 Å². The molecular weight excluding hydrogens is 624 g/mol. The summed E-state index contributed by atoms with van der Waals surface area (Å²) in [6.45, 7) is 8.51. The fourth-order valence-corrected chi connectivity index (χ4v) is 7.58. The van der Waals surface area contributed by atoms with Crippen LogP contribution in [-0.4, -0.2) is 80.5 Å². The number of hydrogen-bond donors (Lipinski definition) is 2. The van der Waals surface area contributed by atoms with Crippen LogP contribution in [0.15, 0.2) is 54.6 Å². The molecular formula is C34H46N4O8S. The second-order valence-electron chi connectivity index (χ2n) is 12.9. The number of ether oxygens (including phenoxy) is 2. The van der Waals surface area contributed by atoms with Gasteiger partial charge in [0.15, 0.2) is 0 Å². The maximum atomic E-state index is 13.5. The number of amides is 3. The van der Waals surface area contributed by atoms with Crippen LogP contribution in [0.25, 0.3) is 0 Å². The van der Waals surface area contributed by atoms with Crippen molar-refractivity contribution in [3.63, 3.8) is 0 Å². The molecule has 2 atom stereocenters. The van der Waals surface area contributed by atoms with E-state index in [2.05, 4.69) is 10.6 Å². The molecule has 12 nitrogen and oxygen atoms in total. The van der Waals surface area contributed by atoms with E-state index in [1.54, 1.807) is 82.3 Å². The van der Waals surface area contributed by atoms with Crippen LogP contribution in [0.5, 0.6) is 0 Å². The number of nitrogens with zero attached hydrogens (tertiary/aromatic N) is 2. The van der Waals surface area contributed by atoms with Gasteiger partial charge >= 0.3 is 12.1 Å². The Balaban J connectivity index is 1.51. The maximum Gasteiger partial charge on any atom is 0.421 e. The zero-order chi connectivity index (χ0) is 34.2. The number of carbonyl (C=O) groups excluding carboxylic acids is 4. The summed E-state index contributed by atoms with van der Waals surface area (Å²) >= 11 is 0. The van der Waals surface area contributed by atoms with E-state index in [1.807, 2.05) is 0 Å². The molecule has 4 rings (SSSR count). The predicted molar refractivity (Wildman–Crippen MR) is 177 cm³/mol. The summed E-state index contributed by atoms with van der Waals surface area (Å²) in [5.74, 6) is -2.13. The minimum absolute atomic E-state index is 0.0447. The van der Waals surface area contributed by atoms with Gasteiger partial charge in [-0.25, -0.2) is 22.9 Å². The number of piperidine rings is 1. The maximum absolute atomic E-state index is 13.5. The van der Waals surface area contributed by atoms with Gasteiger partial charge in [0.05, 0.1) is 18.0 Å². The second kappa shape index (κ2) is 15.9. The number of nitrogens with one attached hydrogen (secondary N) is 2. The Kier molecular flexibility index (Phi) is 12.2. The van der Waals surface area contributed by atoms with Crippen LogP contribution in [0.2, 0.25) is 0 Å². The first-order chi connectivity index (χ1) is 22.3. The third-order valence-corrected chi connectivity index (χ3v) is 9.91. The van der Waals surface area contributed by atoms with Gasteiger partial charge in [0.2, 0.25) is 21.8 Å². The Morgan fingerprint density at radius 2 is 1.64 bits per heavy atom. The standard InChI is InChI=1S/C34H46N4O8S/c1-5-45-32(41)28(36-30(39)29-12-9-21-37(29)47(43,44)23-25-10-7-6-8-11-25)22-24-13-15-27(16-14-24)38(33(42)46-34(2,3)4)31(40)26-17-19-35-20-18-26/h6-8,10-11,13-16,26,28-29,35H,5,9,12,17-23H2,1-4H3,(H,36,39)/t28-,29-/m0/s1. The molecule has 2 aromatic carbocycles. The van der Waals surface area contributed by atoms with Crippen LogP contribution in [-0.2, 0) is 46.1 Å². The van der Waals surface area contributed by atoms with Crippen molar-refractivity contribution in [2.24, 2.45) is 5.92 Å². The van der Waals surface area contributed by atoms with Crippen molar-refractivity contribution in [3.8, 4) is 0 Å². The van der Waals surface area contributed by atoms with Crippen molar-refractivity contribution in [3.05, 3.63) is 65.7 Å². The average molecular weight is 671 g/mol. The van der Waals surface area contributed by atoms with Crippen LogP contribution < -0.4 is 15.5 Å². The minimum Gasteiger partial charge on any atom is -0.464 e. The average Bonchev–Trinajstić information content (AvgIpc) is 3.53. The first kappa shape index (κ1) is 36.0. The molecule has 2 heterocycles. The summed E-state index contributed by atoms with van der Waals surface area (Å²) in [5.41, 5.74) is 0.762. The summed E-state index contributed by atoms with van der Waals surface area (Å²) in [5, 5.41) is 5.96. The zero-order valence-corrected chi connectivity index (χ0v) is 28.4. The monoisotopic (exact) mass is 670 g/mol. The summed E-state index contributed by atoms with van der Waals surface area (Å²) in [6, 6.07) is 13.3. The molecule has 13 heteroatoms. The van der Waals surface area contributed by atoms with Crippen molar-refractivity contribution in [2.45, 2.75) is 83.2 Å². The third kappa shape index (κ3) is 9.85. The highest BCUT2D eigenvalue weighted by Crippen LogP contribution is 2.26. The molecule has 2 saturated heterocycles. The molecule has 0 aliphatic carbocycles. The highest BCUT2D eigenvalue weighted by molar-refractivity contribution is 7.88. The Morgan fingerprint density at radius 3 is 2.26 bits per heavy atom. The van der Waals surface area contributed by atoms with Crippen LogP contribution in [0.3, 0.4) is 0 Å². The van der Waals surface area contributed by atoms with E-state index in [1.165, 1.54) is 4.31 Å². The van der Waals surface area contributed by atoms with E-state index < -0.39 is 45.7 Å². The quantitative estimate of drug-likeness (QED) is 0.342. The van der Waals surface area contributed by atoms with E-state index in [9.17, 15) is 27.6 Å². The van der Waals surface area contributed by atoms with Crippen molar-refractivity contribution in [2.75, 3.05) is 31.1 Å². The molecule has 0 aromatic heterocycles. The number of anilines is 1. The lowest BCUT2D eigenvalue weighted by Gasteiger charge is -2.30. The molecule has 0 unspecified atom stereocenters. The largest absolute Gasteiger partial charge is 0.464 e. The molecule has 2 fully saturated rings. The van der Waals surface area contributed by atoms with Gasteiger partial charge in [-0.3, -0.25) is 9.59 Å².